The molecule has 3 heteroatoms. The number of nitrogens with zero attached hydrogens (tertiary/aromatic N) is 1. The highest BCUT2D eigenvalue weighted by molar-refractivity contribution is 5.82. The van der Waals surface area contributed by atoms with E-state index in [1.807, 2.05) is 0 Å². The lowest BCUT2D eigenvalue weighted by molar-refractivity contribution is -0.137. The summed E-state index contributed by atoms with van der Waals surface area (Å²) in [6.07, 6.45) is 8.25. The van der Waals surface area contributed by atoms with Crippen LogP contribution in [0.3, 0.4) is 0 Å². The Morgan fingerprint density at radius 2 is 2.06 bits per heavy atom. The number of likely N-dealkylation sites (tertiary alicyclic amines) is 1. The molecule has 16 heavy (non-hydrogen) atoms. The first-order valence-electron chi connectivity index (χ1n) is 6.86. The third-order valence-corrected chi connectivity index (χ3v) is 3.99. The van der Waals surface area contributed by atoms with Crippen LogP contribution in [-0.2, 0) is 4.79 Å². The molecule has 2 rings (SSSR count). The van der Waals surface area contributed by atoms with Crippen LogP contribution in [-0.4, -0.2) is 36.0 Å². The monoisotopic (exact) mass is 224 g/mol. The van der Waals surface area contributed by atoms with Crippen molar-refractivity contribution in [3.05, 3.63) is 0 Å². The Bertz CT molecular complexity index is 236. The molecular weight excluding hydrogens is 200 g/mol. The molecule has 2 aliphatic heterocycles. The van der Waals surface area contributed by atoms with E-state index in [2.05, 4.69) is 17.1 Å². The molecule has 92 valence electrons. The van der Waals surface area contributed by atoms with Crippen molar-refractivity contribution in [1.29, 1.82) is 0 Å². The zero-order valence-electron chi connectivity index (χ0n) is 10.4. The SMILES string of the molecule is CC[C@H]1CCCCN1C(=O)[C@H]1CCCCN1. The molecule has 0 unspecified atom stereocenters. The van der Waals surface area contributed by atoms with E-state index in [0.29, 0.717) is 11.9 Å². The summed E-state index contributed by atoms with van der Waals surface area (Å²) < 4.78 is 0. The maximum absolute atomic E-state index is 12.4. The van der Waals surface area contributed by atoms with Gasteiger partial charge in [-0.15, -0.1) is 0 Å². The van der Waals surface area contributed by atoms with Gasteiger partial charge in [0, 0.05) is 12.6 Å². The molecule has 3 nitrogen and oxygen atoms in total. The Kier molecular flexibility index (Phi) is 4.22. The topological polar surface area (TPSA) is 32.3 Å². The highest BCUT2D eigenvalue weighted by atomic mass is 16.2. The molecule has 0 saturated carbocycles. The second-order valence-corrected chi connectivity index (χ2v) is 5.09. The molecule has 0 spiro atoms. The molecule has 2 atom stereocenters. The van der Waals surface area contributed by atoms with Gasteiger partial charge in [-0.1, -0.05) is 13.3 Å². The molecule has 0 radical (unpaired) electrons. The standard InChI is InChI=1S/C13H24N2O/c1-2-11-7-4-6-10-15(11)13(16)12-8-3-5-9-14-12/h11-12,14H,2-10H2,1H3/t11-,12+/m0/s1. The van der Waals surface area contributed by atoms with Crippen LogP contribution in [0.1, 0.15) is 51.9 Å². The first-order chi connectivity index (χ1) is 7.83. The number of hydrogen-bond acceptors (Lipinski definition) is 2. The summed E-state index contributed by atoms with van der Waals surface area (Å²) in [5.41, 5.74) is 0. The predicted octanol–water partition coefficient (Wildman–Crippen LogP) is 1.92. The average molecular weight is 224 g/mol. The van der Waals surface area contributed by atoms with Crippen LogP contribution in [0, 0.1) is 0 Å². The van der Waals surface area contributed by atoms with Gasteiger partial charge in [-0.05, 0) is 45.1 Å². The number of hydrogen-bond donors (Lipinski definition) is 1. The van der Waals surface area contributed by atoms with Gasteiger partial charge in [0.2, 0.25) is 5.91 Å². The second-order valence-electron chi connectivity index (χ2n) is 5.09. The highest BCUT2D eigenvalue weighted by Gasteiger charge is 2.30. The molecule has 2 heterocycles. The van der Waals surface area contributed by atoms with Crippen LogP contribution in [0.2, 0.25) is 0 Å². The molecule has 0 aromatic carbocycles. The zero-order chi connectivity index (χ0) is 11.4. The number of rotatable bonds is 2. The Labute approximate surface area is 98.6 Å². The Hall–Kier alpha value is -0.570. The van der Waals surface area contributed by atoms with Crippen molar-refractivity contribution in [3.8, 4) is 0 Å². The summed E-state index contributed by atoms with van der Waals surface area (Å²) in [6.45, 7) is 4.20. The van der Waals surface area contributed by atoms with E-state index in [1.165, 1.54) is 32.1 Å². The van der Waals surface area contributed by atoms with Crippen molar-refractivity contribution in [2.24, 2.45) is 0 Å². The number of nitrogens with one attached hydrogen (secondary N) is 1. The third-order valence-electron chi connectivity index (χ3n) is 3.99. The zero-order valence-corrected chi connectivity index (χ0v) is 10.4. The Morgan fingerprint density at radius 3 is 2.75 bits per heavy atom. The normalized spacial score (nSPS) is 31.4. The van der Waals surface area contributed by atoms with Gasteiger partial charge in [0.05, 0.1) is 6.04 Å². The number of amides is 1. The lowest BCUT2D eigenvalue weighted by Gasteiger charge is -2.38. The van der Waals surface area contributed by atoms with Crippen molar-refractivity contribution < 1.29 is 4.79 Å². The lowest BCUT2D eigenvalue weighted by atomic mass is 9.97. The fourth-order valence-corrected chi connectivity index (χ4v) is 2.98. The van der Waals surface area contributed by atoms with Crippen LogP contribution < -0.4 is 5.32 Å². The minimum atomic E-state index is 0.112. The quantitative estimate of drug-likeness (QED) is 0.777. The van der Waals surface area contributed by atoms with E-state index < -0.39 is 0 Å². The minimum absolute atomic E-state index is 0.112. The summed E-state index contributed by atoms with van der Waals surface area (Å²) >= 11 is 0. The average Bonchev–Trinajstić information content (AvgIpc) is 2.39. The fourth-order valence-electron chi connectivity index (χ4n) is 2.98. The fraction of sp³-hybridized carbons (Fsp3) is 0.923. The molecule has 0 aromatic heterocycles. The maximum atomic E-state index is 12.4. The number of carbonyl (C=O) groups is 1. The molecule has 0 bridgehead atoms. The molecule has 1 amide bonds. The first kappa shape index (κ1) is 11.9. The van der Waals surface area contributed by atoms with Crippen LogP contribution in [0.4, 0.5) is 0 Å². The van der Waals surface area contributed by atoms with Crippen LogP contribution in [0.25, 0.3) is 0 Å². The molecule has 1 N–H and O–H groups in total. The molecule has 2 saturated heterocycles. The van der Waals surface area contributed by atoms with Crippen molar-refractivity contribution in [1.82, 2.24) is 10.2 Å². The van der Waals surface area contributed by atoms with Crippen molar-refractivity contribution >= 4 is 5.91 Å². The first-order valence-corrected chi connectivity index (χ1v) is 6.86. The largest absolute Gasteiger partial charge is 0.338 e. The Morgan fingerprint density at radius 1 is 1.25 bits per heavy atom. The van der Waals surface area contributed by atoms with Gasteiger partial charge in [-0.3, -0.25) is 4.79 Å². The summed E-state index contributed by atoms with van der Waals surface area (Å²) in [4.78, 5) is 14.5. The summed E-state index contributed by atoms with van der Waals surface area (Å²) in [5, 5.41) is 3.37. The van der Waals surface area contributed by atoms with E-state index >= 15 is 0 Å². The van der Waals surface area contributed by atoms with Gasteiger partial charge < -0.3 is 10.2 Å². The second kappa shape index (κ2) is 5.67. The van der Waals surface area contributed by atoms with Gasteiger partial charge >= 0.3 is 0 Å². The van der Waals surface area contributed by atoms with Gasteiger partial charge in [0.25, 0.3) is 0 Å². The predicted molar refractivity (Wildman–Crippen MR) is 65.3 cm³/mol. The van der Waals surface area contributed by atoms with Crippen LogP contribution in [0.15, 0.2) is 0 Å². The van der Waals surface area contributed by atoms with E-state index in [-0.39, 0.29) is 6.04 Å². The molecule has 0 aliphatic carbocycles. The van der Waals surface area contributed by atoms with Crippen molar-refractivity contribution in [2.45, 2.75) is 64.0 Å². The lowest BCUT2D eigenvalue weighted by Crippen LogP contribution is -2.53. The number of piperidine rings is 2. The van der Waals surface area contributed by atoms with Crippen LogP contribution in [0.5, 0.6) is 0 Å². The molecule has 0 aromatic rings. The third kappa shape index (κ3) is 2.57. The van der Waals surface area contributed by atoms with E-state index in [4.69, 9.17) is 0 Å². The van der Waals surface area contributed by atoms with E-state index in [1.54, 1.807) is 0 Å². The van der Waals surface area contributed by atoms with E-state index in [9.17, 15) is 4.79 Å². The van der Waals surface area contributed by atoms with Crippen molar-refractivity contribution in [3.63, 3.8) is 0 Å². The highest BCUT2D eigenvalue weighted by Crippen LogP contribution is 2.21. The Balaban J connectivity index is 1.95. The van der Waals surface area contributed by atoms with Gasteiger partial charge in [0.15, 0.2) is 0 Å². The molecule has 2 fully saturated rings. The van der Waals surface area contributed by atoms with Gasteiger partial charge in [0.1, 0.15) is 0 Å². The summed E-state index contributed by atoms with van der Waals surface area (Å²) in [5.74, 6) is 0.367. The molecule has 2 aliphatic rings. The van der Waals surface area contributed by atoms with Gasteiger partial charge in [-0.25, -0.2) is 0 Å². The van der Waals surface area contributed by atoms with Crippen molar-refractivity contribution in [2.75, 3.05) is 13.1 Å². The maximum Gasteiger partial charge on any atom is 0.239 e. The van der Waals surface area contributed by atoms with Gasteiger partial charge in [-0.2, -0.15) is 0 Å². The van der Waals surface area contributed by atoms with Crippen LogP contribution >= 0.6 is 0 Å². The number of carbonyl (C=O) groups excluding carboxylic acids is 1. The minimum Gasteiger partial charge on any atom is -0.338 e. The van der Waals surface area contributed by atoms with E-state index in [0.717, 1.165) is 25.9 Å². The smallest absolute Gasteiger partial charge is 0.239 e. The summed E-state index contributed by atoms with van der Waals surface area (Å²) in [6, 6.07) is 0.617. The summed E-state index contributed by atoms with van der Waals surface area (Å²) in [7, 11) is 0. The molecular formula is C13H24N2O.